The number of amides is 1. The van der Waals surface area contributed by atoms with Crippen LogP contribution < -0.4 is 5.32 Å². The highest BCUT2D eigenvalue weighted by Crippen LogP contribution is 2.30. The molecule has 0 aliphatic heterocycles. The number of hydrogen-bond donors (Lipinski definition) is 1. The SMILES string of the molecule is CCC(C)c1ccc2nc(NC(=O)c3ccc([N+](=O)[O-])cc3)sc2c1. The molecular formula is C18H17N3O3S. The van der Waals surface area contributed by atoms with Crippen LogP contribution in [0, 0.1) is 10.1 Å². The molecule has 0 radical (unpaired) electrons. The number of carbonyl (C=O) groups excluding carboxylic acids is 1. The normalized spacial score (nSPS) is 12.1. The second kappa shape index (κ2) is 6.98. The van der Waals surface area contributed by atoms with Gasteiger partial charge in [-0.15, -0.1) is 0 Å². The highest BCUT2D eigenvalue weighted by Gasteiger charge is 2.13. The third-order valence-electron chi connectivity index (χ3n) is 4.15. The number of hydrogen-bond acceptors (Lipinski definition) is 5. The van der Waals surface area contributed by atoms with E-state index in [9.17, 15) is 14.9 Å². The summed E-state index contributed by atoms with van der Waals surface area (Å²) in [4.78, 5) is 26.9. The van der Waals surface area contributed by atoms with Crippen LogP contribution in [0.2, 0.25) is 0 Å². The Morgan fingerprint density at radius 3 is 2.64 bits per heavy atom. The molecule has 1 atom stereocenters. The molecule has 3 rings (SSSR count). The van der Waals surface area contributed by atoms with Gasteiger partial charge in [-0.25, -0.2) is 4.98 Å². The summed E-state index contributed by atoms with van der Waals surface area (Å²) in [6.07, 6.45) is 1.06. The number of benzene rings is 2. The Labute approximate surface area is 148 Å². The van der Waals surface area contributed by atoms with Gasteiger partial charge in [0.05, 0.1) is 15.1 Å². The number of fused-ring (bicyclic) bond motifs is 1. The van der Waals surface area contributed by atoms with E-state index in [0.29, 0.717) is 16.6 Å². The van der Waals surface area contributed by atoms with Crippen LogP contribution in [0.3, 0.4) is 0 Å². The number of rotatable bonds is 5. The molecule has 0 spiro atoms. The van der Waals surface area contributed by atoms with Crippen molar-refractivity contribution >= 4 is 38.3 Å². The van der Waals surface area contributed by atoms with Gasteiger partial charge in [0, 0.05) is 17.7 Å². The maximum atomic E-state index is 12.3. The van der Waals surface area contributed by atoms with E-state index >= 15 is 0 Å². The molecule has 6 nitrogen and oxygen atoms in total. The average Bonchev–Trinajstić information content (AvgIpc) is 3.02. The molecule has 0 bridgehead atoms. The molecule has 7 heteroatoms. The standard InChI is InChI=1S/C18H17N3O3S/c1-3-11(2)13-6-9-15-16(10-13)25-18(19-15)20-17(22)12-4-7-14(8-5-12)21(23)24/h4-11H,3H2,1-2H3,(H,19,20,22). The van der Waals surface area contributed by atoms with Gasteiger partial charge in [0.2, 0.25) is 0 Å². The third kappa shape index (κ3) is 3.66. The molecular weight excluding hydrogens is 338 g/mol. The molecule has 0 aliphatic carbocycles. The summed E-state index contributed by atoms with van der Waals surface area (Å²) in [5.74, 6) is 0.140. The van der Waals surface area contributed by atoms with E-state index in [4.69, 9.17) is 0 Å². The van der Waals surface area contributed by atoms with E-state index in [1.54, 1.807) is 0 Å². The quantitative estimate of drug-likeness (QED) is 0.517. The Balaban J connectivity index is 1.80. The van der Waals surface area contributed by atoms with Gasteiger partial charge in [-0.3, -0.25) is 20.2 Å². The Morgan fingerprint density at radius 1 is 1.28 bits per heavy atom. The van der Waals surface area contributed by atoms with Gasteiger partial charge in [0.15, 0.2) is 5.13 Å². The number of thiazole rings is 1. The lowest BCUT2D eigenvalue weighted by Crippen LogP contribution is -2.11. The summed E-state index contributed by atoms with van der Waals surface area (Å²) < 4.78 is 1.02. The second-order valence-corrected chi connectivity index (χ2v) is 6.84. The van der Waals surface area contributed by atoms with Gasteiger partial charge in [0.25, 0.3) is 11.6 Å². The summed E-state index contributed by atoms with van der Waals surface area (Å²) in [5, 5.41) is 13.9. The van der Waals surface area contributed by atoms with Crippen LogP contribution >= 0.6 is 11.3 Å². The summed E-state index contributed by atoms with van der Waals surface area (Å²) in [6, 6.07) is 11.6. The lowest BCUT2D eigenvalue weighted by atomic mass is 9.99. The fourth-order valence-corrected chi connectivity index (χ4v) is 3.35. The predicted molar refractivity (Wildman–Crippen MR) is 99.4 cm³/mol. The number of nitrogens with zero attached hydrogens (tertiary/aromatic N) is 2. The minimum atomic E-state index is -0.496. The van der Waals surface area contributed by atoms with E-state index in [0.717, 1.165) is 16.6 Å². The lowest BCUT2D eigenvalue weighted by molar-refractivity contribution is -0.384. The van der Waals surface area contributed by atoms with Crippen molar-refractivity contribution in [1.29, 1.82) is 0 Å². The van der Waals surface area contributed by atoms with E-state index in [1.807, 2.05) is 6.07 Å². The Bertz CT molecular complexity index is 934. The van der Waals surface area contributed by atoms with E-state index in [-0.39, 0.29) is 11.6 Å². The molecule has 0 saturated carbocycles. The van der Waals surface area contributed by atoms with Gasteiger partial charge >= 0.3 is 0 Å². The molecule has 0 fully saturated rings. The minimum absolute atomic E-state index is 0.0471. The minimum Gasteiger partial charge on any atom is -0.298 e. The molecule has 25 heavy (non-hydrogen) atoms. The van der Waals surface area contributed by atoms with Crippen LogP contribution in [0.15, 0.2) is 42.5 Å². The summed E-state index contributed by atoms with van der Waals surface area (Å²) in [6.45, 7) is 4.33. The van der Waals surface area contributed by atoms with Gasteiger partial charge in [-0.05, 0) is 42.2 Å². The van der Waals surface area contributed by atoms with Crippen molar-refractivity contribution in [2.45, 2.75) is 26.2 Å². The molecule has 1 unspecified atom stereocenters. The first kappa shape index (κ1) is 17.0. The van der Waals surface area contributed by atoms with E-state index in [2.05, 4.69) is 36.3 Å². The smallest absolute Gasteiger partial charge is 0.269 e. The van der Waals surface area contributed by atoms with Crippen LogP contribution in [0.25, 0.3) is 10.2 Å². The predicted octanol–water partition coefficient (Wildman–Crippen LogP) is 4.97. The fourth-order valence-electron chi connectivity index (χ4n) is 2.44. The van der Waals surface area contributed by atoms with Crippen molar-refractivity contribution in [1.82, 2.24) is 4.98 Å². The molecule has 1 N–H and O–H groups in total. The molecule has 3 aromatic rings. The molecule has 128 valence electrons. The number of non-ortho nitro benzene ring substituents is 1. The molecule has 2 aromatic carbocycles. The fraction of sp³-hybridized carbons (Fsp3) is 0.222. The first-order valence-electron chi connectivity index (χ1n) is 7.94. The number of nitrogens with one attached hydrogen (secondary N) is 1. The third-order valence-corrected chi connectivity index (χ3v) is 5.09. The maximum Gasteiger partial charge on any atom is 0.269 e. The second-order valence-electron chi connectivity index (χ2n) is 5.81. The molecule has 1 heterocycles. The van der Waals surface area contributed by atoms with Crippen molar-refractivity contribution in [3.8, 4) is 0 Å². The number of nitro benzene ring substituents is 1. The highest BCUT2D eigenvalue weighted by atomic mass is 32.1. The van der Waals surface area contributed by atoms with Gasteiger partial charge in [-0.1, -0.05) is 31.3 Å². The zero-order chi connectivity index (χ0) is 18.0. The Kier molecular flexibility index (Phi) is 4.76. The van der Waals surface area contributed by atoms with Crippen LogP contribution in [0.1, 0.15) is 42.1 Å². The van der Waals surface area contributed by atoms with E-state index < -0.39 is 4.92 Å². The number of carbonyl (C=O) groups is 1. The summed E-state index contributed by atoms with van der Waals surface area (Å²) in [5.41, 5.74) is 2.40. The molecule has 1 aromatic heterocycles. The Morgan fingerprint density at radius 2 is 2.00 bits per heavy atom. The lowest BCUT2D eigenvalue weighted by Gasteiger charge is -2.07. The largest absolute Gasteiger partial charge is 0.298 e. The van der Waals surface area contributed by atoms with Crippen molar-refractivity contribution in [2.75, 3.05) is 5.32 Å². The van der Waals surface area contributed by atoms with Crippen molar-refractivity contribution in [2.24, 2.45) is 0 Å². The van der Waals surface area contributed by atoms with Crippen molar-refractivity contribution < 1.29 is 9.72 Å². The van der Waals surface area contributed by atoms with E-state index in [1.165, 1.54) is 41.2 Å². The molecule has 0 saturated heterocycles. The van der Waals surface area contributed by atoms with Crippen LogP contribution in [-0.2, 0) is 0 Å². The number of anilines is 1. The van der Waals surface area contributed by atoms with Gasteiger partial charge < -0.3 is 0 Å². The number of nitro groups is 1. The number of aromatic nitrogens is 1. The van der Waals surface area contributed by atoms with Gasteiger partial charge in [0.1, 0.15) is 0 Å². The average molecular weight is 355 g/mol. The monoisotopic (exact) mass is 355 g/mol. The molecule has 1 amide bonds. The van der Waals surface area contributed by atoms with Crippen LogP contribution in [0.5, 0.6) is 0 Å². The zero-order valence-corrected chi connectivity index (χ0v) is 14.7. The van der Waals surface area contributed by atoms with Gasteiger partial charge in [-0.2, -0.15) is 0 Å². The van der Waals surface area contributed by atoms with Crippen LogP contribution in [0.4, 0.5) is 10.8 Å². The molecule has 0 aliphatic rings. The van der Waals surface area contributed by atoms with Crippen LogP contribution in [-0.4, -0.2) is 15.8 Å². The van der Waals surface area contributed by atoms with Crippen molar-refractivity contribution in [3.05, 3.63) is 63.7 Å². The Hall–Kier alpha value is -2.80. The summed E-state index contributed by atoms with van der Waals surface area (Å²) >= 11 is 1.42. The summed E-state index contributed by atoms with van der Waals surface area (Å²) in [7, 11) is 0. The first-order valence-corrected chi connectivity index (χ1v) is 8.76. The maximum absolute atomic E-state index is 12.3. The zero-order valence-electron chi connectivity index (χ0n) is 13.9. The first-order chi connectivity index (χ1) is 12.0. The topological polar surface area (TPSA) is 85.1 Å². The van der Waals surface area contributed by atoms with Crippen molar-refractivity contribution in [3.63, 3.8) is 0 Å². The highest BCUT2D eigenvalue weighted by molar-refractivity contribution is 7.22.